The molecule has 0 amide bonds. The first-order chi connectivity index (χ1) is 9.49. The predicted molar refractivity (Wildman–Crippen MR) is 79.7 cm³/mol. The van der Waals surface area contributed by atoms with Gasteiger partial charge in [-0.05, 0) is 60.1 Å². The van der Waals surface area contributed by atoms with Gasteiger partial charge in [0.2, 0.25) is 0 Å². The minimum absolute atomic E-state index is 0.0272. The Balaban J connectivity index is 2.43. The molecule has 0 radical (unpaired) electrons. The van der Waals surface area contributed by atoms with Gasteiger partial charge in [0.05, 0.1) is 11.7 Å². The lowest BCUT2D eigenvalue weighted by Crippen LogP contribution is -2.11. The van der Waals surface area contributed by atoms with E-state index in [0.29, 0.717) is 21.3 Å². The molecule has 0 aromatic heterocycles. The van der Waals surface area contributed by atoms with E-state index >= 15 is 0 Å². The number of carbonyl (C=O) groups excluding carboxylic acids is 1. The van der Waals surface area contributed by atoms with Crippen LogP contribution in [0, 0.1) is 5.82 Å². The number of carbonyl (C=O) groups is 1. The van der Waals surface area contributed by atoms with Crippen molar-refractivity contribution >= 4 is 21.7 Å². The molecule has 2 rings (SSSR count). The van der Waals surface area contributed by atoms with E-state index in [-0.39, 0.29) is 17.7 Å². The Morgan fingerprint density at radius 1 is 1.15 bits per heavy atom. The number of halogens is 2. The van der Waals surface area contributed by atoms with E-state index < -0.39 is 0 Å². The predicted octanol–water partition coefficient (Wildman–Crippen LogP) is 4.61. The SMILES string of the molecule is CC(C)Oc1ccccc1C(=O)c1ccc(F)cc1Br. The smallest absolute Gasteiger partial charge is 0.197 e. The molecule has 0 fully saturated rings. The van der Waals surface area contributed by atoms with Crippen molar-refractivity contribution in [1.82, 2.24) is 0 Å². The molecule has 0 bridgehead atoms. The van der Waals surface area contributed by atoms with Gasteiger partial charge in [0, 0.05) is 10.0 Å². The van der Waals surface area contributed by atoms with Crippen molar-refractivity contribution in [2.75, 3.05) is 0 Å². The Kier molecular flexibility index (Phi) is 4.55. The first-order valence-electron chi connectivity index (χ1n) is 6.24. The van der Waals surface area contributed by atoms with E-state index in [4.69, 9.17) is 4.74 Å². The second-order valence-corrected chi connectivity index (χ2v) is 5.47. The van der Waals surface area contributed by atoms with Gasteiger partial charge in [0.1, 0.15) is 11.6 Å². The summed E-state index contributed by atoms with van der Waals surface area (Å²) in [6, 6.07) is 11.1. The van der Waals surface area contributed by atoms with Gasteiger partial charge in [-0.3, -0.25) is 4.79 Å². The Hall–Kier alpha value is -1.68. The molecule has 20 heavy (non-hydrogen) atoms. The fourth-order valence-corrected chi connectivity index (χ4v) is 2.36. The van der Waals surface area contributed by atoms with Crippen LogP contribution in [0.3, 0.4) is 0 Å². The van der Waals surface area contributed by atoms with Crippen molar-refractivity contribution in [2.24, 2.45) is 0 Å². The van der Waals surface area contributed by atoms with Crippen molar-refractivity contribution in [3.8, 4) is 5.75 Å². The maximum absolute atomic E-state index is 13.1. The van der Waals surface area contributed by atoms with Crippen LogP contribution in [0.5, 0.6) is 5.75 Å². The van der Waals surface area contributed by atoms with Gasteiger partial charge in [-0.15, -0.1) is 0 Å². The zero-order valence-electron chi connectivity index (χ0n) is 11.2. The van der Waals surface area contributed by atoms with Crippen LogP contribution in [0.1, 0.15) is 29.8 Å². The molecule has 0 N–H and O–H groups in total. The summed E-state index contributed by atoms with van der Waals surface area (Å²) in [5, 5.41) is 0. The van der Waals surface area contributed by atoms with E-state index in [0.717, 1.165) is 0 Å². The summed E-state index contributed by atoms with van der Waals surface area (Å²) in [5.41, 5.74) is 0.875. The molecule has 0 saturated carbocycles. The van der Waals surface area contributed by atoms with Gasteiger partial charge < -0.3 is 4.74 Å². The Morgan fingerprint density at radius 3 is 2.50 bits per heavy atom. The van der Waals surface area contributed by atoms with Gasteiger partial charge in [-0.2, -0.15) is 0 Å². The van der Waals surface area contributed by atoms with Gasteiger partial charge in [-0.1, -0.05) is 12.1 Å². The summed E-state index contributed by atoms with van der Waals surface area (Å²) in [7, 11) is 0. The van der Waals surface area contributed by atoms with Crippen LogP contribution >= 0.6 is 15.9 Å². The molecule has 0 aliphatic rings. The molecule has 0 aliphatic heterocycles. The maximum Gasteiger partial charge on any atom is 0.197 e. The van der Waals surface area contributed by atoms with Crippen LogP contribution < -0.4 is 4.74 Å². The van der Waals surface area contributed by atoms with E-state index in [1.807, 2.05) is 19.9 Å². The lowest BCUT2D eigenvalue weighted by atomic mass is 10.0. The average molecular weight is 337 g/mol. The second-order valence-electron chi connectivity index (χ2n) is 4.62. The van der Waals surface area contributed by atoms with E-state index in [2.05, 4.69) is 15.9 Å². The Bertz CT molecular complexity index is 638. The monoisotopic (exact) mass is 336 g/mol. The molecule has 0 spiro atoms. The largest absolute Gasteiger partial charge is 0.490 e. The maximum atomic E-state index is 13.1. The zero-order valence-corrected chi connectivity index (χ0v) is 12.8. The van der Waals surface area contributed by atoms with Gasteiger partial charge in [-0.25, -0.2) is 4.39 Å². The Morgan fingerprint density at radius 2 is 1.85 bits per heavy atom. The van der Waals surface area contributed by atoms with Crippen LogP contribution in [0.25, 0.3) is 0 Å². The molecule has 0 unspecified atom stereocenters. The first-order valence-corrected chi connectivity index (χ1v) is 7.03. The van der Waals surface area contributed by atoms with Crippen LogP contribution in [0.15, 0.2) is 46.9 Å². The molecule has 2 aromatic carbocycles. The van der Waals surface area contributed by atoms with Crippen LogP contribution in [-0.2, 0) is 0 Å². The molecular weight excluding hydrogens is 323 g/mol. The van der Waals surface area contributed by atoms with Gasteiger partial charge in [0.25, 0.3) is 0 Å². The number of hydrogen-bond donors (Lipinski definition) is 0. The van der Waals surface area contributed by atoms with Crippen LogP contribution in [-0.4, -0.2) is 11.9 Å². The van der Waals surface area contributed by atoms with E-state index in [1.165, 1.54) is 18.2 Å². The van der Waals surface area contributed by atoms with Crippen molar-refractivity contribution in [3.63, 3.8) is 0 Å². The average Bonchev–Trinajstić information content (AvgIpc) is 2.38. The lowest BCUT2D eigenvalue weighted by Gasteiger charge is -2.14. The zero-order chi connectivity index (χ0) is 14.7. The van der Waals surface area contributed by atoms with E-state index in [1.54, 1.807) is 18.2 Å². The van der Waals surface area contributed by atoms with Gasteiger partial charge in [0.15, 0.2) is 5.78 Å². The normalized spacial score (nSPS) is 10.7. The highest BCUT2D eigenvalue weighted by atomic mass is 79.9. The quantitative estimate of drug-likeness (QED) is 0.762. The molecule has 2 aromatic rings. The number of rotatable bonds is 4. The molecule has 104 valence electrons. The summed E-state index contributed by atoms with van der Waals surface area (Å²) < 4.78 is 19.2. The highest BCUT2D eigenvalue weighted by Gasteiger charge is 2.17. The molecular formula is C16H14BrFO2. The highest BCUT2D eigenvalue weighted by molar-refractivity contribution is 9.10. The number of ether oxygens (including phenoxy) is 1. The standard InChI is InChI=1S/C16H14BrFO2/c1-10(2)20-15-6-4-3-5-13(15)16(19)12-8-7-11(18)9-14(12)17/h3-10H,1-2H3. The summed E-state index contributed by atoms with van der Waals surface area (Å²) in [6.45, 7) is 3.80. The minimum atomic E-state index is -0.389. The number of benzene rings is 2. The van der Waals surface area contributed by atoms with E-state index in [9.17, 15) is 9.18 Å². The lowest BCUT2D eigenvalue weighted by molar-refractivity contribution is 0.103. The van der Waals surface area contributed by atoms with Crippen molar-refractivity contribution in [3.05, 3.63) is 63.9 Å². The highest BCUT2D eigenvalue weighted by Crippen LogP contribution is 2.26. The molecule has 0 atom stereocenters. The summed E-state index contributed by atoms with van der Waals surface area (Å²) in [4.78, 5) is 12.5. The number of hydrogen-bond acceptors (Lipinski definition) is 2. The molecule has 2 nitrogen and oxygen atoms in total. The number of para-hydroxylation sites is 1. The third-order valence-corrected chi connectivity index (χ3v) is 3.33. The first kappa shape index (κ1) is 14.7. The summed E-state index contributed by atoms with van der Waals surface area (Å²) in [5.74, 6) is -0.0583. The second kappa shape index (κ2) is 6.18. The fourth-order valence-electron chi connectivity index (χ4n) is 1.83. The topological polar surface area (TPSA) is 26.3 Å². The van der Waals surface area contributed by atoms with Crippen LogP contribution in [0.4, 0.5) is 4.39 Å². The minimum Gasteiger partial charge on any atom is -0.490 e. The van der Waals surface area contributed by atoms with Crippen molar-refractivity contribution in [1.29, 1.82) is 0 Å². The number of ketones is 1. The summed E-state index contributed by atoms with van der Waals surface area (Å²) in [6.07, 6.45) is -0.0272. The molecule has 0 heterocycles. The fraction of sp³-hybridized carbons (Fsp3) is 0.188. The molecule has 0 aliphatic carbocycles. The third-order valence-electron chi connectivity index (χ3n) is 2.67. The van der Waals surface area contributed by atoms with Gasteiger partial charge >= 0.3 is 0 Å². The Labute approximate surface area is 125 Å². The summed E-state index contributed by atoms with van der Waals surface area (Å²) >= 11 is 3.22. The van der Waals surface area contributed by atoms with Crippen molar-refractivity contribution in [2.45, 2.75) is 20.0 Å². The van der Waals surface area contributed by atoms with Crippen LogP contribution in [0.2, 0.25) is 0 Å². The van der Waals surface area contributed by atoms with Crippen molar-refractivity contribution < 1.29 is 13.9 Å². The molecule has 4 heteroatoms. The molecule has 0 saturated heterocycles. The third kappa shape index (κ3) is 3.25.